The predicted octanol–water partition coefficient (Wildman–Crippen LogP) is 6.57. The molecule has 1 nitrogen and oxygen atoms in total. The second kappa shape index (κ2) is 10.0. The highest BCUT2D eigenvalue weighted by Gasteiger charge is 2.06. The Hall–Kier alpha value is -2.93. The molecule has 1 aromatic carbocycles. The highest BCUT2D eigenvalue weighted by atomic mass is 14.7. The third kappa shape index (κ3) is 5.58. The van der Waals surface area contributed by atoms with E-state index in [0.717, 1.165) is 34.5 Å². The lowest BCUT2D eigenvalue weighted by atomic mass is 10.0. The van der Waals surface area contributed by atoms with E-state index >= 15 is 0 Å². The fourth-order valence-electron chi connectivity index (χ4n) is 2.48. The molecule has 0 amide bonds. The Bertz CT molecular complexity index is 805. The van der Waals surface area contributed by atoms with Gasteiger partial charge in [-0.25, -0.2) is 0 Å². The normalized spacial score (nSPS) is 12.5. The van der Waals surface area contributed by atoms with Gasteiger partial charge in [-0.2, -0.15) is 0 Å². The van der Waals surface area contributed by atoms with Crippen LogP contribution in [0.4, 0.5) is 0 Å². The van der Waals surface area contributed by atoms with Gasteiger partial charge < -0.3 is 0 Å². The van der Waals surface area contributed by atoms with E-state index in [1.54, 1.807) is 0 Å². The van der Waals surface area contributed by atoms with Crippen LogP contribution in [0.1, 0.15) is 25.1 Å². The molecule has 0 N–H and O–H groups in total. The van der Waals surface area contributed by atoms with Gasteiger partial charge in [0.15, 0.2) is 0 Å². The average Bonchev–Trinajstić information content (AvgIpc) is 2.66. The minimum Gasteiger partial charge on any atom is -0.252 e. The van der Waals surface area contributed by atoms with Gasteiger partial charge in [-0.3, -0.25) is 4.98 Å². The van der Waals surface area contributed by atoms with Crippen molar-refractivity contribution in [3.8, 4) is 11.3 Å². The molecule has 0 unspecified atom stereocenters. The number of nitrogens with zero attached hydrogens (tertiary/aromatic N) is 1. The maximum atomic E-state index is 4.84. The predicted molar refractivity (Wildman–Crippen MR) is 110 cm³/mol. The van der Waals surface area contributed by atoms with E-state index < -0.39 is 0 Å². The topological polar surface area (TPSA) is 12.9 Å². The lowest BCUT2D eigenvalue weighted by Crippen LogP contribution is -1.95. The Kier molecular flexibility index (Phi) is 7.40. The number of benzene rings is 1. The number of allylic oxidation sites excluding steroid dienone is 9. The average molecular weight is 327 g/mol. The largest absolute Gasteiger partial charge is 0.252 e. The summed E-state index contributed by atoms with van der Waals surface area (Å²) in [4.78, 5) is 4.84. The summed E-state index contributed by atoms with van der Waals surface area (Å²) in [6.45, 7) is 7.99. The Labute approximate surface area is 151 Å². The van der Waals surface area contributed by atoms with Crippen LogP contribution in [-0.2, 0) is 6.42 Å². The van der Waals surface area contributed by atoms with Crippen LogP contribution < -0.4 is 0 Å². The van der Waals surface area contributed by atoms with Gasteiger partial charge >= 0.3 is 0 Å². The van der Waals surface area contributed by atoms with Gasteiger partial charge in [0.2, 0.25) is 0 Å². The van der Waals surface area contributed by atoms with Crippen molar-refractivity contribution in [3.63, 3.8) is 0 Å². The number of hydrogen-bond acceptors (Lipinski definition) is 1. The van der Waals surface area contributed by atoms with Crippen LogP contribution in [0.5, 0.6) is 0 Å². The lowest BCUT2D eigenvalue weighted by Gasteiger charge is -2.09. The summed E-state index contributed by atoms with van der Waals surface area (Å²) >= 11 is 0. The van der Waals surface area contributed by atoms with Gasteiger partial charge in [0, 0.05) is 17.7 Å². The van der Waals surface area contributed by atoms with Crippen molar-refractivity contribution in [2.45, 2.75) is 20.3 Å². The first-order chi connectivity index (χ1) is 12.3. The number of pyridine rings is 1. The summed E-state index contributed by atoms with van der Waals surface area (Å²) in [5, 5.41) is 0. The molecule has 0 aliphatic rings. The molecule has 0 saturated heterocycles. The molecule has 0 saturated carbocycles. The molecule has 1 heteroatoms. The standard InChI is InChI=1S/C24H25N/c1-4-7-9-13-17-23-18-22(20(6-3)14-8-5-2)19-24(25-23)21-15-11-10-12-16-21/h4-16,18-19H,3,17H2,1-2H3/b7-4-,8-5-,13-9-,20-14+. The molecule has 2 rings (SSSR count). The van der Waals surface area contributed by atoms with E-state index in [0.29, 0.717) is 0 Å². The van der Waals surface area contributed by atoms with Crippen LogP contribution in [0.2, 0.25) is 0 Å². The maximum Gasteiger partial charge on any atom is 0.0711 e. The first kappa shape index (κ1) is 18.4. The van der Waals surface area contributed by atoms with Crippen LogP contribution in [-0.4, -0.2) is 4.98 Å². The minimum absolute atomic E-state index is 0.798. The second-order valence-electron chi connectivity index (χ2n) is 5.61. The highest BCUT2D eigenvalue weighted by Crippen LogP contribution is 2.24. The monoisotopic (exact) mass is 327 g/mol. The van der Waals surface area contributed by atoms with Crippen molar-refractivity contribution in [3.05, 3.63) is 109 Å². The van der Waals surface area contributed by atoms with Gasteiger partial charge in [0.1, 0.15) is 0 Å². The van der Waals surface area contributed by atoms with Gasteiger partial charge in [-0.05, 0) is 37.1 Å². The van der Waals surface area contributed by atoms with E-state index in [2.05, 4.69) is 49.1 Å². The Balaban J connectivity index is 2.49. The number of hydrogen-bond donors (Lipinski definition) is 0. The van der Waals surface area contributed by atoms with Crippen molar-refractivity contribution < 1.29 is 0 Å². The molecule has 126 valence electrons. The van der Waals surface area contributed by atoms with Crippen molar-refractivity contribution in [2.75, 3.05) is 0 Å². The minimum atomic E-state index is 0.798. The first-order valence-corrected chi connectivity index (χ1v) is 8.58. The zero-order valence-electron chi connectivity index (χ0n) is 15.0. The van der Waals surface area contributed by atoms with Crippen LogP contribution in [0.3, 0.4) is 0 Å². The summed E-state index contributed by atoms with van der Waals surface area (Å²) in [6.07, 6.45) is 17.1. The van der Waals surface area contributed by atoms with Crippen molar-refractivity contribution >= 4 is 5.57 Å². The zero-order valence-corrected chi connectivity index (χ0v) is 15.0. The molecule has 25 heavy (non-hydrogen) atoms. The summed E-state index contributed by atoms with van der Waals surface area (Å²) in [7, 11) is 0. The van der Waals surface area contributed by atoms with E-state index in [1.165, 1.54) is 0 Å². The van der Waals surface area contributed by atoms with Crippen molar-refractivity contribution in [2.24, 2.45) is 0 Å². The third-order valence-corrected chi connectivity index (χ3v) is 3.74. The Morgan fingerprint density at radius 1 is 1.00 bits per heavy atom. The molecule has 0 atom stereocenters. The quantitative estimate of drug-likeness (QED) is 0.524. The van der Waals surface area contributed by atoms with Gasteiger partial charge in [0.05, 0.1) is 5.69 Å². The first-order valence-electron chi connectivity index (χ1n) is 8.58. The van der Waals surface area contributed by atoms with Crippen molar-refractivity contribution in [1.29, 1.82) is 0 Å². The summed E-state index contributed by atoms with van der Waals surface area (Å²) in [5.41, 5.74) is 5.39. The third-order valence-electron chi connectivity index (χ3n) is 3.74. The van der Waals surface area contributed by atoms with E-state index in [9.17, 15) is 0 Å². The summed E-state index contributed by atoms with van der Waals surface area (Å²) in [6, 6.07) is 14.6. The molecule has 0 aliphatic heterocycles. The molecular formula is C24H25N. The van der Waals surface area contributed by atoms with Gasteiger partial charge in [-0.15, -0.1) is 0 Å². The molecule has 1 aromatic heterocycles. The fourth-order valence-corrected chi connectivity index (χ4v) is 2.48. The Morgan fingerprint density at radius 2 is 1.76 bits per heavy atom. The summed E-state index contributed by atoms with van der Waals surface area (Å²) in [5.74, 6) is 0. The molecule has 0 fully saturated rings. The fraction of sp³-hybridized carbons (Fsp3) is 0.125. The maximum absolute atomic E-state index is 4.84. The zero-order chi connectivity index (χ0) is 17.9. The Morgan fingerprint density at radius 3 is 2.44 bits per heavy atom. The molecular weight excluding hydrogens is 302 g/mol. The molecule has 0 radical (unpaired) electrons. The molecule has 2 aromatic rings. The van der Waals surface area contributed by atoms with E-state index in [1.807, 2.05) is 62.4 Å². The van der Waals surface area contributed by atoms with Crippen LogP contribution in [0.15, 0.2) is 97.7 Å². The molecule has 0 aliphatic carbocycles. The summed E-state index contributed by atoms with van der Waals surface area (Å²) < 4.78 is 0. The lowest BCUT2D eigenvalue weighted by molar-refractivity contribution is 1.11. The molecule has 0 spiro atoms. The smallest absolute Gasteiger partial charge is 0.0711 e. The molecule has 0 bridgehead atoms. The van der Waals surface area contributed by atoms with E-state index in [4.69, 9.17) is 4.98 Å². The van der Waals surface area contributed by atoms with Gasteiger partial charge in [-0.1, -0.05) is 85.5 Å². The SMILES string of the molecule is C=C/C(=C\C=C/C)c1cc(C/C=C\C=C/C)nc(-c2ccccc2)c1. The van der Waals surface area contributed by atoms with Crippen LogP contribution >= 0.6 is 0 Å². The molecule has 1 heterocycles. The van der Waals surface area contributed by atoms with E-state index in [-0.39, 0.29) is 0 Å². The number of rotatable bonds is 7. The van der Waals surface area contributed by atoms with Gasteiger partial charge in [0.25, 0.3) is 0 Å². The van der Waals surface area contributed by atoms with Crippen LogP contribution in [0.25, 0.3) is 16.8 Å². The second-order valence-corrected chi connectivity index (χ2v) is 5.61. The highest BCUT2D eigenvalue weighted by molar-refractivity contribution is 5.77. The van der Waals surface area contributed by atoms with Crippen LogP contribution in [0, 0.1) is 0 Å². The number of aromatic nitrogens is 1. The van der Waals surface area contributed by atoms with Crippen molar-refractivity contribution in [1.82, 2.24) is 4.98 Å².